The molecule has 0 amide bonds. The van der Waals surface area contributed by atoms with Gasteiger partial charge in [0.15, 0.2) is 0 Å². The van der Waals surface area contributed by atoms with Gasteiger partial charge in [-0.15, -0.1) is 0 Å². The van der Waals surface area contributed by atoms with E-state index >= 15 is 0 Å². The summed E-state index contributed by atoms with van der Waals surface area (Å²) in [4.78, 5) is 0. The summed E-state index contributed by atoms with van der Waals surface area (Å²) in [6, 6.07) is 8.21. The van der Waals surface area contributed by atoms with E-state index in [0.717, 1.165) is 12.3 Å². The Labute approximate surface area is 102 Å². The van der Waals surface area contributed by atoms with Crippen molar-refractivity contribution in [1.29, 1.82) is 0 Å². The number of hydrogen-bond acceptors (Lipinski definition) is 2. The normalized spacial score (nSPS) is 12.9. The first kappa shape index (κ1) is 12.0. The number of ether oxygens (including phenoxy) is 1. The zero-order valence-electron chi connectivity index (χ0n) is 10.4. The number of hydrogen-bond donors (Lipinski definition) is 1. The topological polar surface area (TPSA) is 34.4 Å². The molecule has 0 bridgehead atoms. The van der Waals surface area contributed by atoms with Crippen molar-refractivity contribution in [1.82, 2.24) is 4.57 Å². The second-order valence-corrected chi connectivity index (χ2v) is 4.41. The van der Waals surface area contributed by atoms with E-state index in [9.17, 15) is 0 Å². The van der Waals surface area contributed by atoms with E-state index in [1.54, 1.807) is 0 Å². The molecule has 0 aliphatic heterocycles. The van der Waals surface area contributed by atoms with Gasteiger partial charge in [0.2, 0.25) is 0 Å². The first-order chi connectivity index (χ1) is 8.24. The molecule has 1 atom stereocenters. The molecular formula is C14H19NO2. The number of aliphatic hydroxyl groups is 1. The van der Waals surface area contributed by atoms with Crippen molar-refractivity contribution in [2.24, 2.45) is 5.92 Å². The minimum atomic E-state index is 0.219. The molecule has 0 saturated heterocycles. The monoisotopic (exact) mass is 233 g/mol. The molecule has 1 N–H and O–H groups in total. The number of aliphatic hydroxyl groups excluding tert-OH is 1. The zero-order chi connectivity index (χ0) is 12.3. The highest BCUT2D eigenvalue weighted by Gasteiger charge is 2.06. The summed E-state index contributed by atoms with van der Waals surface area (Å²) < 4.78 is 7.65. The van der Waals surface area contributed by atoms with Gasteiger partial charge in [0, 0.05) is 30.3 Å². The molecular weight excluding hydrogens is 214 g/mol. The molecule has 1 unspecified atom stereocenters. The summed E-state index contributed by atoms with van der Waals surface area (Å²) in [5, 5.41) is 10.3. The van der Waals surface area contributed by atoms with Gasteiger partial charge in [-0.1, -0.05) is 6.92 Å². The van der Waals surface area contributed by atoms with Crippen LogP contribution in [0.1, 0.15) is 13.8 Å². The average Bonchev–Trinajstić information content (AvgIpc) is 2.72. The Morgan fingerprint density at radius 2 is 2.18 bits per heavy atom. The maximum absolute atomic E-state index is 9.09. The Morgan fingerprint density at radius 1 is 1.35 bits per heavy atom. The Morgan fingerprint density at radius 3 is 2.88 bits per heavy atom. The van der Waals surface area contributed by atoms with Crippen LogP contribution in [0.5, 0.6) is 5.75 Å². The standard InChI is InChI=1S/C14H19NO2/c1-3-17-13-4-5-14-12(8-13)6-7-15(14)9-11(2)10-16/h4-8,11,16H,3,9-10H2,1-2H3. The Hall–Kier alpha value is -1.48. The van der Waals surface area contributed by atoms with Crippen molar-refractivity contribution in [2.45, 2.75) is 20.4 Å². The van der Waals surface area contributed by atoms with E-state index in [-0.39, 0.29) is 12.5 Å². The number of nitrogens with zero attached hydrogens (tertiary/aromatic N) is 1. The molecule has 1 heterocycles. The maximum atomic E-state index is 9.09. The van der Waals surface area contributed by atoms with Crippen molar-refractivity contribution in [3.05, 3.63) is 30.5 Å². The molecule has 0 radical (unpaired) electrons. The van der Waals surface area contributed by atoms with Gasteiger partial charge in [-0.05, 0) is 37.1 Å². The fourth-order valence-corrected chi connectivity index (χ4v) is 1.99. The van der Waals surface area contributed by atoms with Crippen molar-refractivity contribution in [3.63, 3.8) is 0 Å². The molecule has 0 saturated carbocycles. The Balaban J connectivity index is 2.28. The third kappa shape index (κ3) is 2.61. The lowest BCUT2D eigenvalue weighted by Crippen LogP contribution is -2.09. The summed E-state index contributed by atoms with van der Waals surface area (Å²) in [7, 11) is 0. The second kappa shape index (κ2) is 5.23. The van der Waals surface area contributed by atoms with E-state index in [4.69, 9.17) is 9.84 Å². The highest BCUT2D eigenvalue weighted by molar-refractivity contribution is 5.81. The lowest BCUT2D eigenvalue weighted by molar-refractivity contribution is 0.224. The number of benzene rings is 1. The van der Waals surface area contributed by atoms with Crippen LogP contribution in [0.2, 0.25) is 0 Å². The summed E-state index contributed by atoms with van der Waals surface area (Å²) in [6.07, 6.45) is 2.06. The van der Waals surface area contributed by atoms with Crippen LogP contribution < -0.4 is 4.74 Å². The molecule has 17 heavy (non-hydrogen) atoms. The van der Waals surface area contributed by atoms with Gasteiger partial charge < -0.3 is 14.4 Å². The fraction of sp³-hybridized carbons (Fsp3) is 0.429. The fourth-order valence-electron chi connectivity index (χ4n) is 1.99. The average molecular weight is 233 g/mol. The van der Waals surface area contributed by atoms with Gasteiger partial charge >= 0.3 is 0 Å². The van der Waals surface area contributed by atoms with E-state index in [2.05, 4.69) is 29.0 Å². The summed E-state index contributed by atoms with van der Waals surface area (Å²) in [6.45, 7) is 5.77. The van der Waals surface area contributed by atoms with Gasteiger partial charge in [0.05, 0.1) is 6.61 Å². The largest absolute Gasteiger partial charge is 0.494 e. The van der Waals surface area contributed by atoms with Gasteiger partial charge in [0.1, 0.15) is 5.75 Å². The number of aromatic nitrogens is 1. The molecule has 0 aliphatic rings. The van der Waals surface area contributed by atoms with Gasteiger partial charge in [0.25, 0.3) is 0 Å². The van der Waals surface area contributed by atoms with Gasteiger partial charge in [-0.25, -0.2) is 0 Å². The molecule has 2 aromatic rings. The van der Waals surface area contributed by atoms with Crippen molar-refractivity contribution in [3.8, 4) is 5.75 Å². The second-order valence-electron chi connectivity index (χ2n) is 4.41. The molecule has 0 spiro atoms. The van der Waals surface area contributed by atoms with E-state index in [0.29, 0.717) is 6.61 Å². The highest BCUT2D eigenvalue weighted by atomic mass is 16.5. The maximum Gasteiger partial charge on any atom is 0.120 e. The van der Waals surface area contributed by atoms with Crippen LogP contribution in [0.4, 0.5) is 0 Å². The van der Waals surface area contributed by atoms with Crippen LogP contribution in [0.25, 0.3) is 10.9 Å². The van der Waals surface area contributed by atoms with Crippen molar-refractivity contribution >= 4 is 10.9 Å². The van der Waals surface area contributed by atoms with Crippen LogP contribution >= 0.6 is 0 Å². The van der Waals surface area contributed by atoms with Gasteiger partial charge in [-0.3, -0.25) is 0 Å². The van der Waals surface area contributed by atoms with Crippen LogP contribution in [-0.2, 0) is 6.54 Å². The lowest BCUT2D eigenvalue weighted by Gasteiger charge is -2.10. The Bertz CT molecular complexity index is 490. The zero-order valence-corrected chi connectivity index (χ0v) is 10.4. The van der Waals surface area contributed by atoms with Crippen LogP contribution in [0.3, 0.4) is 0 Å². The molecule has 0 fully saturated rings. The van der Waals surface area contributed by atoms with E-state index < -0.39 is 0 Å². The molecule has 92 valence electrons. The quantitative estimate of drug-likeness (QED) is 0.861. The Kier molecular flexibility index (Phi) is 3.69. The summed E-state index contributed by atoms with van der Waals surface area (Å²) >= 11 is 0. The van der Waals surface area contributed by atoms with E-state index in [1.165, 1.54) is 10.9 Å². The third-order valence-electron chi connectivity index (χ3n) is 2.87. The molecule has 0 aliphatic carbocycles. The third-order valence-corrected chi connectivity index (χ3v) is 2.87. The van der Waals surface area contributed by atoms with Gasteiger partial charge in [-0.2, -0.15) is 0 Å². The SMILES string of the molecule is CCOc1ccc2c(ccn2CC(C)CO)c1. The lowest BCUT2D eigenvalue weighted by atomic mass is 10.2. The minimum absolute atomic E-state index is 0.219. The smallest absolute Gasteiger partial charge is 0.120 e. The van der Waals surface area contributed by atoms with Crippen molar-refractivity contribution in [2.75, 3.05) is 13.2 Å². The molecule has 1 aromatic carbocycles. The van der Waals surface area contributed by atoms with E-state index in [1.807, 2.05) is 19.9 Å². The first-order valence-electron chi connectivity index (χ1n) is 6.07. The minimum Gasteiger partial charge on any atom is -0.494 e. The molecule has 3 nitrogen and oxygen atoms in total. The van der Waals surface area contributed by atoms with Crippen LogP contribution in [0.15, 0.2) is 30.5 Å². The first-order valence-corrected chi connectivity index (χ1v) is 6.07. The summed E-state index contributed by atoms with van der Waals surface area (Å²) in [5.41, 5.74) is 1.19. The van der Waals surface area contributed by atoms with Crippen LogP contribution in [-0.4, -0.2) is 22.9 Å². The number of fused-ring (bicyclic) bond motifs is 1. The predicted molar refractivity (Wildman–Crippen MR) is 69.4 cm³/mol. The molecule has 3 heteroatoms. The molecule has 2 rings (SSSR count). The predicted octanol–water partition coefficient (Wildman–Crippen LogP) is 2.67. The molecule has 1 aromatic heterocycles. The van der Waals surface area contributed by atoms with Crippen LogP contribution in [0, 0.1) is 5.92 Å². The van der Waals surface area contributed by atoms with Crippen molar-refractivity contribution < 1.29 is 9.84 Å². The highest BCUT2D eigenvalue weighted by Crippen LogP contribution is 2.22. The number of rotatable bonds is 5. The summed E-state index contributed by atoms with van der Waals surface area (Å²) in [5.74, 6) is 1.19.